The van der Waals surface area contributed by atoms with Gasteiger partial charge in [0.15, 0.2) is 11.0 Å². The first-order valence-corrected chi connectivity index (χ1v) is 10.9. The normalized spacial score (nSPS) is 10.9. The van der Waals surface area contributed by atoms with E-state index in [1.165, 1.54) is 41.0 Å². The Morgan fingerprint density at radius 1 is 1.21 bits per heavy atom. The lowest BCUT2D eigenvalue weighted by Gasteiger charge is -2.18. The standard InChI is InChI=1S/C18H14FN5OS3/c1-11(25)24(14-6-3-2-5-13(14)19)18-20-12(10-28-18)9-27-17-21-16(22-23-17)15-7-4-8-26-15/h2-8,10H,9H2,1H3,(H,21,22,23). The zero-order valence-corrected chi connectivity index (χ0v) is 17.1. The molecule has 3 aromatic heterocycles. The molecule has 4 aromatic rings. The van der Waals surface area contributed by atoms with E-state index in [0.29, 0.717) is 16.0 Å². The fourth-order valence-electron chi connectivity index (χ4n) is 2.48. The van der Waals surface area contributed by atoms with Gasteiger partial charge in [0.1, 0.15) is 5.82 Å². The van der Waals surface area contributed by atoms with Gasteiger partial charge >= 0.3 is 0 Å². The van der Waals surface area contributed by atoms with Gasteiger partial charge in [-0.2, -0.15) is 0 Å². The van der Waals surface area contributed by atoms with Crippen LogP contribution in [0, 0.1) is 5.82 Å². The number of aromatic nitrogens is 4. The summed E-state index contributed by atoms with van der Waals surface area (Å²) in [4.78, 5) is 23.4. The summed E-state index contributed by atoms with van der Waals surface area (Å²) in [6, 6.07) is 10.1. The molecule has 0 radical (unpaired) electrons. The first-order chi connectivity index (χ1) is 13.6. The van der Waals surface area contributed by atoms with E-state index in [1.54, 1.807) is 29.5 Å². The van der Waals surface area contributed by atoms with E-state index in [4.69, 9.17) is 0 Å². The molecule has 0 saturated heterocycles. The molecule has 3 heterocycles. The lowest BCUT2D eigenvalue weighted by Crippen LogP contribution is -2.23. The second-order valence-electron chi connectivity index (χ2n) is 5.66. The van der Waals surface area contributed by atoms with Crippen LogP contribution in [0.2, 0.25) is 0 Å². The van der Waals surface area contributed by atoms with Crippen LogP contribution in [0.5, 0.6) is 0 Å². The number of thiazole rings is 1. The highest BCUT2D eigenvalue weighted by Gasteiger charge is 2.21. The van der Waals surface area contributed by atoms with Gasteiger partial charge in [-0.3, -0.25) is 14.8 Å². The third-order valence-electron chi connectivity index (χ3n) is 3.71. The molecule has 0 aliphatic carbocycles. The Kier molecular flexibility index (Phi) is 5.51. The van der Waals surface area contributed by atoms with Gasteiger partial charge in [0.25, 0.3) is 0 Å². The first kappa shape index (κ1) is 18.8. The number of hydrogen-bond acceptors (Lipinski definition) is 7. The third kappa shape index (κ3) is 3.98. The smallest absolute Gasteiger partial charge is 0.230 e. The minimum atomic E-state index is -0.467. The number of benzene rings is 1. The number of hydrogen-bond donors (Lipinski definition) is 1. The average molecular weight is 432 g/mol. The van der Waals surface area contributed by atoms with Gasteiger partial charge in [0.2, 0.25) is 11.1 Å². The molecule has 0 aliphatic heterocycles. The summed E-state index contributed by atoms with van der Waals surface area (Å²) in [5.41, 5.74) is 0.966. The first-order valence-electron chi connectivity index (χ1n) is 8.20. The highest BCUT2D eigenvalue weighted by molar-refractivity contribution is 7.98. The lowest BCUT2D eigenvalue weighted by atomic mass is 10.3. The number of thioether (sulfide) groups is 1. The Hall–Kier alpha value is -2.56. The van der Waals surface area contributed by atoms with Gasteiger partial charge in [-0.15, -0.1) is 27.8 Å². The molecule has 6 nitrogen and oxygen atoms in total. The summed E-state index contributed by atoms with van der Waals surface area (Å²) < 4.78 is 14.1. The van der Waals surface area contributed by atoms with E-state index < -0.39 is 5.82 Å². The van der Waals surface area contributed by atoms with Crippen molar-refractivity contribution in [3.8, 4) is 10.7 Å². The molecule has 0 bridgehead atoms. The Bertz CT molecular complexity index is 1090. The summed E-state index contributed by atoms with van der Waals surface area (Å²) in [6.45, 7) is 1.39. The molecule has 10 heteroatoms. The van der Waals surface area contributed by atoms with Crippen LogP contribution in [0.15, 0.2) is 52.3 Å². The molecule has 142 valence electrons. The predicted octanol–water partition coefficient (Wildman–Crippen LogP) is 5.11. The summed E-state index contributed by atoms with van der Waals surface area (Å²) in [5, 5.41) is 12.0. The maximum Gasteiger partial charge on any atom is 0.230 e. The lowest BCUT2D eigenvalue weighted by molar-refractivity contribution is -0.115. The number of halogens is 1. The molecular weight excluding hydrogens is 417 g/mol. The number of thiophene rings is 1. The largest absolute Gasteiger partial charge is 0.274 e. The molecule has 0 unspecified atom stereocenters. The van der Waals surface area contributed by atoms with Gasteiger partial charge < -0.3 is 0 Å². The van der Waals surface area contributed by atoms with Crippen LogP contribution in [0.25, 0.3) is 10.7 Å². The van der Waals surface area contributed by atoms with Crippen LogP contribution in [0.4, 0.5) is 15.2 Å². The van der Waals surface area contributed by atoms with Gasteiger partial charge in [-0.1, -0.05) is 30.0 Å². The molecule has 0 saturated carbocycles. The minimum Gasteiger partial charge on any atom is -0.274 e. The average Bonchev–Trinajstić information content (AvgIpc) is 3.43. The van der Waals surface area contributed by atoms with Crippen molar-refractivity contribution in [2.45, 2.75) is 17.8 Å². The number of rotatable bonds is 6. The van der Waals surface area contributed by atoms with Crippen molar-refractivity contribution >= 4 is 51.2 Å². The number of amides is 1. The summed E-state index contributed by atoms with van der Waals surface area (Å²) >= 11 is 4.33. The van der Waals surface area contributed by atoms with Crippen LogP contribution < -0.4 is 4.90 Å². The maximum absolute atomic E-state index is 14.1. The van der Waals surface area contributed by atoms with Crippen LogP contribution in [-0.2, 0) is 10.5 Å². The number of carbonyl (C=O) groups excluding carboxylic acids is 1. The molecule has 1 amide bonds. The fourth-order valence-corrected chi connectivity index (χ4v) is 4.82. The van der Waals surface area contributed by atoms with Crippen LogP contribution in [0.3, 0.4) is 0 Å². The van der Waals surface area contributed by atoms with Crippen molar-refractivity contribution in [3.05, 3.63) is 58.7 Å². The highest BCUT2D eigenvalue weighted by Crippen LogP contribution is 2.32. The van der Waals surface area contributed by atoms with E-state index in [0.717, 1.165) is 16.4 Å². The fraction of sp³-hybridized carbons (Fsp3) is 0.111. The molecule has 28 heavy (non-hydrogen) atoms. The second kappa shape index (κ2) is 8.21. The number of nitrogens with zero attached hydrogens (tertiary/aromatic N) is 4. The molecule has 0 fully saturated rings. The Balaban J connectivity index is 1.48. The van der Waals surface area contributed by atoms with E-state index in [9.17, 15) is 9.18 Å². The number of aromatic amines is 1. The molecule has 0 atom stereocenters. The zero-order chi connectivity index (χ0) is 19.5. The number of nitrogens with one attached hydrogen (secondary N) is 1. The summed E-state index contributed by atoms with van der Waals surface area (Å²) in [6.07, 6.45) is 0. The number of carbonyl (C=O) groups is 1. The van der Waals surface area contributed by atoms with E-state index >= 15 is 0 Å². The molecule has 4 rings (SSSR count). The monoisotopic (exact) mass is 431 g/mol. The minimum absolute atomic E-state index is 0.193. The van der Waals surface area contributed by atoms with Crippen molar-refractivity contribution in [1.82, 2.24) is 20.2 Å². The maximum atomic E-state index is 14.1. The Morgan fingerprint density at radius 2 is 2.07 bits per heavy atom. The van der Waals surface area contributed by atoms with Crippen LogP contribution in [0.1, 0.15) is 12.6 Å². The molecular formula is C18H14FN5OS3. The third-order valence-corrected chi connectivity index (χ3v) is 6.34. The van der Waals surface area contributed by atoms with Gasteiger partial charge in [0.05, 0.1) is 16.3 Å². The Labute approximate surface area is 172 Å². The van der Waals surface area contributed by atoms with Crippen molar-refractivity contribution < 1.29 is 9.18 Å². The van der Waals surface area contributed by atoms with Crippen LogP contribution >= 0.6 is 34.4 Å². The van der Waals surface area contributed by atoms with Gasteiger partial charge in [-0.05, 0) is 23.6 Å². The second-order valence-corrected chi connectivity index (χ2v) is 8.39. The summed E-state index contributed by atoms with van der Waals surface area (Å²) in [5.74, 6) is 0.513. The molecule has 1 aromatic carbocycles. The molecule has 1 N–H and O–H groups in total. The van der Waals surface area contributed by atoms with Crippen molar-refractivity contribution in [1.29, 1.82) is 0 Å². The van der Waals surface area contributed by atoms with Crippen molar-refractivity contribution in [3.63, 3.8) is 0 Å². The van der Waals surface area contributed by atoms with Crippen LogP contribution in [-0.4, -0.2) is 26.1 Å². The number of H-pyrrole nitrogens is 1. The predicted molar refractivity (Wildman–Crippen MR) is 111 cm³/mol. The summed E-state index contributed by atoms with van der Waals surface area (Å²) in [7, 11) is 0. The number of para-hydroxylation sites is 1. The van der Waals surface area contributed by atoms with Crippen molar-refractivity contribution in [2.24, 2.45) is 0 Å². The Morgan fingerprint density at radius 3 is 2.82 bits per heavy atom. The highest BCUT2D eigenvalue weighted by atomic mass is 32.2. The number of anilines is 2. The topological polar surface area (TPSA) is 74.8 Å². The zero-order valence-electron chi connectivity index (χ0n) is 14.6. The van der Waals surface area contributed by atoms with E-state index in [1.807, 2.05) is 22.9 Å². The molecule has 0 aliphatic rings. The van der Waals surface area contributed by atoms with E-state index in [2.05, 4.69) is 20.2 Å². The van der Waals surface area contributed by atoms with Gasteiger partial charge in [0, 0.05) is 18.1 Å². The SMILES string of the molecule is CC(=O)N(c1nc(CSc2n[nH]c(-c3cccs3)n2)cs1)c1ccccc1F. The van der Waals surface area contributed by atoms with Crippen molar-refractivity contribution in [2.75, 3.05) is 4.90 Å². The van der Waals surface area contributed by atoms with Gasteiger partial charge in [-0.25, -0.2) is 14.4 Å². The van der Waals surface area contributed by atoms with E-state index in [-0.39, 0.29) is 11.6 Å². The quantitative estimate of drug-likeness (QED) is 0.430. The molecule has 0 spiro atoms.